The van der Waals surface area contributed by atoms with Gasteiger partial charge >= 0.3 is 0 Å². The lowest BCUT2D eigenvalue weighted by molar-refractivity contribution is -0.118. The zero-order chi connectivity index (χ0) is 13.4. The highest BCUT2D eigenvalue weighted by Gasteiger charge is 2.19. The summed E-state index contributed by atoms with van der Waals surface area (Å²) in [7, 11) is 0. The molecule has 2 heterocycles. The van der Waals surface area contributed by atoms with Gasteiger partial charge in [-0.15, -0.1) is 0 Å². The van der Waals surface area contributed by atoms with Gasteiger partial charge < -0.3 is 14.5 Å². The number of aryl methyl sites for hydroxylation is 1. The van der Waals surface area contributed by atoms with E-state index in [1.54, 1.807) is 18.2 Å². The molecule has 0 radical (unpaired) electrons. The molecule has 0 bridgehead atoms. The lowest BCUT2D eigenvalue weighted by Gasteiger charge is -2.20. The molecule has 1 aromatic carbocycles. The second kappa shape index (κ2) is 4.28. The number of aldehydes is 1. The molecule has 3 rings (SSSR count). The van der Waals surface area contributed by atoms with E-state index in [1.165, 1.54) is 0 Å². The fourth-order valence-electron chi connectivity index (χ4n) is 2.10. The van der Waals surface area contributed by atoms with E-state index >= 15 is 0 Å². The Bertz CT molecular complexity index is 672. The van der Waals surface area contributed by atoms with E-state index < -0.39 is 0 Å². The van der Waals surface area contributed by atoms with E-state index in [0.717, 1.165) is 11.1 Å². The Labute approximate surface area is 109 Å². The van der Waals surface area contributed by atoms with Gasteiger partial charge in [0.25, 0.3) is 5.91 Å². The van der Waals surface area contributed by atoms with Gasteiger partial charge in [0.1, 0.15) is 11.5 Å². The largest absolute Gasteiger partial charge is 0.481 e. The molecule has 5 heteroatoms. The number of nitrogens with one attached hydrogen (secondary N) is 1. The molecule has 5 nitrogen and oxygen atoms in total. The Kier molecular flexibility index (Phi) is 2.59. The smallest absolute Gasteiger partial charge is 0.262 e. The topological polar surface area (TPSA) is 68.5 Å². The van der Waals surface area contributed by atoms with Crippen LogP contribution in [0.5, 0.6) is 5.75 Å². The Morgan fingerprint density at radius 1 is 1.32 bits per heavy atom. The number of carbonyl (C=O) groups excluding carboxylic acids is 2. The van der Waals surface area contributed by atoms with Crippen molar-refractivity contribution in [3.8, 4) is 17.1 Å². The van der Waals surface area contributed by atoms with E-state index in [-0.39, 0.29) is 18.3 Å². The number of hydrogen-bond acceptors (Lipinski definition) is 4. The number of benzene rings is 1. The number of anilines is 1. The van der Waals surface area contributed by atoms with Crippen LogP contribution in [0.4, 0.5) is 5.69 Å². The minimum absolute atomic E-state index is 0.0310. The van der Waals surface area contributed by atoms with Gasteiger partial charge in [0.05, 0.1) is 5.69 Å². The first-order valence-corrected chi connectivity index (χ1v) is 5.80. The molecule has 1 aromatic heterocycles. The molecule has 0 spiro atoms. The molecule has 1 aliphatic heterocycles. The SMILES string of the molecule is Cc1cc(-c2ccc(C=O)o2)cc2c1OCC(=O)N2. The first-order chi connectivity index (χ1) is 9.17. The summed E-state index contributed by atoms with van der Waals surface area (Å²) in [6, 6.07) is 6.99. The second-order valence-corrected chi connectivity index (χ2v) is 4.33. The normalized spacial score (nSPS) is 13.4. The molecule has 0 saturated carbocycles. The van der Waals surface area contributed by atoms with Crippen molar-refractivity contribution in [1.29, 1.82) is 0 Å². The first-order valence-electron chi connectivity index (χ1n) is 5.80. The van der Waals surface area contributed by atoms with E-state index in [4.69, 9.17) is 9.15 Å². The average molecular weight is 257 g/mol. The number of carbonyl (C=O) groups is 2. The van der Waals surface area contributed by atoms with Crippen LogP contribution in [0.3, 0.4) is 0 Å². The summed E-state index contributed by atoms with van der Waals surface area (Å²) < 4.78 is 10.8. The van der Waals surface area contributed by atoms with Gasteiger partial charge in [0.2, 0.25) is 0 Å². The second-order valence-electron chi connectivity index (χ2n) is 4.33. The van der Waals surface area contributed by atoms with Crippen LogP contribution in [0.1, 0.15) is 16.1 Å². The van der Waals surface area contributed by atoms with Crippen molar-refractivity contribution in [2.75, 3.05) is 11.9 Å². The number of ether oxygens (including phenoxy) is 1. The van der Waals surface area contributed by atoms with Gasteiger partial charge in [0, 0.05) is 5.56 Å². The quantitative estimate of drug-likeness (QED) is 0.839. The zero-order valence-electron chi connectivity index (χ0n) is 10.2. The summed E-state index contributed by atoms with van der Waals surface area (Å²) in [5.74, 6) is 1.33. The molecular weight excluding hydrogens is 246 g/mol. The fraction of sp³-hybridized carbons (Fsp3) is 0.143. The van der Waals surface area contributed by atoms with Gasteiger partial charge in [-0.1, -0.05) is 0 Å². The van der Waals surface area contributed by atoms with Gasteiger partial charge in [-0.2, -0.15) is 0 Å². The van der Waals surface area contributed by atoms with Crippen LogP contribution in [0.2, 0.25) is 0 Å². The minimum atomic E-state index is -0.183. The lowest BCUT2D eigenvalue weighted by Crippen LogP contribution is -2.25. The molecule has 0 saturated heterocycles. The molecule has 0 aliphatic carbocycles. The Balaban J connectivity index is 2.08. The van der Waals surface area contributed by atoms with Crippen LogP contribution in [0.15, 0.2) is 28.7 Å². The maximum absolute atomic E-state index is 11.3. The zero-order valence-corrected chi connectivity index (χ0v) is 10.2. The van der Waals surface area contributed by atoms with E-state index in [2.05, 4.69) is 5.32 Å². The highest BCUT2D eigenvalue weighted by Crippen LogP contribution is 2.36. The lowest BCUT2D eigenvalue weighted by atomic mass is 10.1. The van der Waals surface area contributed by atoms with Crippen LogP contribution in [-0.2, 0) is 4.79 Å². The highest BCUT2D eigenvalue weighted by atomic mass is 16.5. The van der Waals surface area contributed by atoms with Gasteiger partial charge in [-0.3, -0.25) is 9.59 Å². The molecule has 0 fully saturated rings. The third kappa shape index (κ3) is 1.99. The molecule has 1 amide bonds. The van der Waals surface area contributed by atoms with E-state index in [1.807, 2.05) is 13.0 Å². The van der Waals surface area contributed by atoms with E-state index in [9.17, 15) is 9.59 Å². The third-order valence-electron chi connectivity index (χ3n) is 2.92. The summed E-state index contributed by atoms with van der Waals surface area (Å²) in [5, 5.41) is 2.76. The molecule has 2 aromatic rings. The van der Waals surface area contributed by atoms with Crippen molar-refractivity contribution >= 4 is 17.9 Å². The number of furan rings is 1. The average Bonchev–Trinajstić information content (AvgIpc) is 2.86. The van der Waals surface area contributed by atoms with Crippen LogP contribution >= 0.6 is 0 Å². The molecular formula is C14H11NO4. The minimum Gasteiger partial charge on any atom is -0.481 e. The predicted molar refractivity (Wildman–Crippen MR) is 68.4 cm³/mol. The van der Waals surface area contributed by atoms with Crippen LogP contribution in [0.25, 0.3) is 11.3 Å². The van der Waals surface area contributed by atoms with Crippen molar-refractivity contribution in [2.45, 2.75) is 6.92 Å². The summed E-state index contributed by atoms with van der Waals surface area (Å²) in [6.45, 7) is 1.92. The number of amides is 1. The monoisotopic (exact) mass is 257 g/mol. The van der Waals surface area contributed by atoms with Gasteiger partial charge in [0.15, 0.2) is 18.7 Å². The third-order valence-corrected chi connectivity index (χ3v) is 2.92. The summed E-state index contributed by atoms with van der Waals surface area (Å²) >= 11 is 0. The maximum atomic E-state index is 11.3. The number of fused-ring (bicyclic) bond motifs is 1. The molecule has 0 unspecified atom stereocenters. The standard InChI is InChI=1S/C14H11NO4/c1-8-4-9(12-3-2-10(6-16)19-12)5-11-14(8)18-7-13(17)15-11/h2-6H,7H2,1H3,(H,15,17). The Morgan fingerprint density at radius 2 is 2.16 bits per heavy atom. The van der Waals surface area contributed by atoms with Crippen molar-refractivity contribution in [1.82, 2.24) is 0 Å². The predicted octanol–water partition coefficient (Wildman–Crippen LogP) is 2.40. The Hall–Kier alpha value is -2.56. The molecule has 1 N–H and O–H groups in total. The Morgan fingerprint density at radius 3 is 2.89 bits per heavy atom. The summed E-state index contributed by atoms with van der Waals surface area (Å²) in [6.07, 6.45) is 0.652. The first kappa shape index (κ1) is 11.5. The number of hydrogen-bond donors (Lipinski definition) is 1. The fourth-order valence-corrected chi connectivity index (χ4v) is 2.10. The van der Waals surface area contributed by atoms with Crippen molar-refractivity contribution in [2.24, 2.45) is 0 Å². The van der Waals surface area contributed by atoms with E-state index in [0.29, 0.717) is 23.5 Å². The van der Waals surface area contributed by atoms with Crippen LogP contribution < -0.4 is 10.1 Å². The molecule has 19 heavy (non-hydrogen) atoms. The van der Waals surface area contributed by atoms with Gasteiger partial charge in [-0.05, 0) is 36.8 Å². The van der Waals surface area contributed by atoms with Gasteiger partial charge in [-0.25, -0.2) is 0 Å². The highest BCUT2D eigenvalue weighted by molar-refractivity contribution is 5.96. The maximum Gasteiger partial charge on any atom is 0.262 e. The number of rotatable bonds is 2. The molecule has 96 valence electrons. The van der Waals surface area contributed by atoms with Crippen molar-refractivity contribution < 1.29 is 18.7 Å². The van der Waals surface area contributed by atoms with Crippen molar-refractivity contribution in [3.63, 3.8) is 0 Å². The molecule has 1 aliphatic rings. The molecule has 0 atom stereocenters. The van der Waals surface area contributed by atoms with Crippen LogP contribution in [-0.4, -0.2) is 18.8 Å². The summed E-state index contributed by atoms with van der Waals surface area (Å²) in [5.41, 5.74) is 2.31. The summed E-state index contributed by atoms with van der Waals surface area (Å²) in [4.78, 5) is 22.0. The van der Waals surface area contributed by atoms with Crippen LogP contribution in [0, 0.1) is 6.92 Å². The van der Waals surface area contributed by atoms with Crippen molar-refractivity contribution in [3.05, 3.63) is 35.6 Å².